The van der Waals surface area contributed by atoms with Crippen molar-refractivity contribution in [3.8, 4) is 0 Å². The Morgan fingerprint density at radius 1 is 1.42 bits per heavy atom. The summed E-state index contributed by atoms with van der Waals surface area (Å²) in [6.07, 6.45) is 1.20. The molecular weight excluding hydrogens is 328 g/mol. The molecule has 2 saturated heterocycles. The van der Waals surface area contributed by atoms with Crippen LogP contribution in [0.4, 0.5) is 5.69 Å². The number of benzene rings is 1. The van der Waals surface area contributed by atoms with Crippen LogP contribution in [0.25, 0.3) is 0 Å². The van der Waals surface area contributed by atoms with E-state index in [-0.39, 0.29) is 41.3 Å². The van der Waals surface area contributed by atoms with E-state index in [1.165, 1.54) is 11.3 Å². The number of hydrogen-bond acceptors (Lipinski definition) is 5. The zero-order valence-corrected chi connectivity index (χ0v) is 15.8. The van der Waals surface area contributed by atoms with Gasteiger partial charge in [0.25, 0.3) is 0 Å². The number of rotatable bonds is 2. The first-order valence-corrected chi connectivity index (χ1v) is 9.94. The van der Waals surface area contributed by atoms with Crippen LogP contribution < -0.4 is 5.32 Å². The molecule has 1 spiro atoms. The van der Waals surface area contributed by atoms with Crippen LogP contribution in [-0.2, 0) is 19.7 Å². The first-order chi connectivity index (χ1) is 12.6. The van der Waals surface area contributed by atoms with Crippen LogP contribution in [0.15, 0.2) is 24.3 Å². The van der Waals surface area contributed by atoms with Crippen molar-refractivity contribution in [3.63, 3.8) is 0 Å². The molecular formula is C21H28N2O3. The lowest BCUT2D eigenvalue weighted by Crippen LogP contribution is -2.69. The Kier molecular flexibility index (Phi) is 3.63. The average molecular weight is 356 g/mol. The number of likely N-dealkylation sites (tertiary alicyclic amines) is 1. The summed E-state index contributed by atoms with van der Waals surface area (Å²) in [4.78, 5) is 15.5. The predicted octanol–water partition coefficient (Wildman–Crippen LogP) is 2.27. The maximum absolute atomic E-state index is 13.0. The summed E-state index contributed by atoms with van der Waals surface area (Å²) < 4.78 is 11.7. The maximum atomic E-state index is 13.0. The van der Waals surface area contributed by atoms with Crippen LogP contribution in [-0.4, -0.2) is 55.9 Å². The van der Waals surface area contributed by atoms with E-state index < -0.39 is 0 Å². The summed E-state index contributed by atoms with van der Waals surface area (Å²) in [6.45, 7) is 6.16. The van der Waals surface area contributed by atoms with E-state index >= 15 is 0 Å². The lowest BCUT2D eigenvalue weighted by atomic mass is 9.52. The van der Waals surface area contributed by atoms with Gasteiger partial charge in [0.2, 0.25) is 0 Å². The third-order valence-electron chi connectivity index (χ3n) is 7.50. The summed E-state index contributed by atoms with van der Waals surface area (Å²) in [5, 5.41) is 3.80. The highest BCUT2D eigenvalue weighted by Crippen LogP contribution is 2.61. The molecule has 7 atom stereocenters. The van der Waals surface area contributed by atoms with Crippen LogP contribution in [0.3, 0.4) is 0 Å². The average Bonchev–Trinajstić information content (AvgIpc) is 3.15. The van der Waals surface area contributed by atoms with Gasteiger partial charge in [-0.25, -0.2) is 0 Å². The van der Waals surface area contributed by atoms with Gasteiger partial charge in [-0.2, -0.15) is 0 Å². The van der Waals surface area contributed by atoms with Gasteiger partial charge in [-0.05, 0) is 45.5 Å². The number of esters is 1. The Morgan fingerprint density at radius 3 is 3.04 bits per heavy atom. The maximum Gasteiger partial charge on any atom is 0.309 e. The fourth-order valence-electron chi connectivity index (χ4n) is 6.66. The summed E-state index contributed by atoms with van der Waals surface area (Å²) >= 11 is 0. The molecule has 0 aromatic heterocycles. The van der Waals surface area contributed by atoms with Crippen LogP contribution in [0.5, 0.6) is 0 Å². The molecule has 0 amide bonds. The summed E-state index contributed by atoms with van der Waals surface area (Å²) in [7, 11) is 2.21. The number of likely N-dealkylation sites (N-methyl/N-ethyl adjacent to an activating group) is 1. The number of carbonyl (C=O) groups is 1. The van der Waals surface area contributed by atoms with Gasteiger partial charge in [-0.15, -0.1) is 0 Å². The van der Waals surface area contributed by atoms with Gasteiger partial charge in [0.15, 0.2) is 0 Å². The van der Waals surface area contributed by atoms with Gasteiger partial charge in [0, 0.05) is 35.0 Å². The summed E-state index contributed by atoms with van der Waals surface area (Å²) in [5.74, 6) is 0.198. The van der Waals surface area contributed by atoms with Crippen molar-refractivity contribution >= 4 is 11.7 Å². The Morgan fingerprint density at radius 2 is 2.23 bits per heavy atom. The highest BCUT2D eigenvalue weighted by atomic mass is 16.5. The van der Waals surface area contributed by atoms with E-state index in [4.69, 9.17) is 9.47 Å². The van der Waals surface area contributed by atoms with Gasteiger partial charge < -0.3 is 19.7 Å². The van der Waals surface area contributed by atoms with Crippen molar-refractivity contribution in [1.82, 2.24) is 4.90 Å². The standard InChI is InChI=1S/C21H28N2O3/c1-4-25-20(24)17-13-11-26-12(2)16(17)19-21(9-10-23(19)3)14-7-5-6-8-15(14)22-18(13)21/h5-8,12-13,16-19,22H,4,9-11H2,1-3H3/t12?,13-,16+,17-,18+,19?,21?/m1/s1. The minimum Gasteiger partial charge on any atom is -0.466 e. The Hall–Kier alpha value is -1.59. The second-order valence-electron chi connectivity index (χ2n) is 8.44. The quantitative estimate of drug-likeness (QED) is 0.824. The Bertz CT molecular complexity index is 738. The van der Waals surface area contributed by atoms with Crippen LogP contribution in [0.1, 0.15) is 25.8 Å². The van der Waals surface area contributed by atoms with E-state index in [1.54, 1.807) is 0 Å². The monoisotopic (exact) mass is 356 g/mol. The molecule has 2 bridgehead atoms. The zero-order chi connectivity index (χ0) is 18.1. The van der Waals surface area contributed by atoms with Crippen molar-refractivity contribution in [1.29, 1.82) is 0 Å². The normalized spacial score (nSPS) is 43.2. The molecule has 0 radical (unpaired) electrons. The first kappa shape index (κ1) is 16.6. The lowest BCUT2D eigenvalue weighted by Gasteiger charge is -2.58. The van der Waals surface area contributed by atoms with E-state index in [0.717, 1.165) is 13.0 Å². The van der Waals surface area contributed by atoms with E-state index in [9.17, 15) is 4.79 Å². The number of para-hydroxylation sites is 1. The van der Waals surface area contributed by atoms with Gasteiger partial charge in [0.05, 0.1) is 25.2 Å². The van der Waals surface area contributed by atoms with Crippen molar-refractivity contribution in [3.05, 3.63) is 29.8 Å². The molecule has 3 heterocycles. The molecule has 3 unspecified atom stereocenters. The SMILES string of the molecule is CCOC(=O)[C@H]1[C@@H]2C(C)OC[C@H]1[C@@H]1Nc3ccccc3C13CCN(C)C23. The molecule has 3 aliphatic heterocycles. The number of nitrogens with zero attached hydrogens (tertiary/aromatic N) is 1. The fourth-order valence-corrected chi connectivity index (χ4v) is 6.66. The Balaban J connectivity index is 1.68. The van der Waals surface area contributed by atoms with Gasteiger partial charge in [-0.1, -0.05) is 18.2 Å². The Labute approximate surface area is 155 Å². The fraction of sp³-hybridized carbons (Fsp3) is 0.667. The van der Waals surface area contributed by atoms with Crippen LogP contribution in [0.2, 0.25) is 0 Å². The second-order valence-corrected chi connectivity index (χ2v) is 8.44. The summed E-state index contributed by atoms with van der Waals surface area (Å²) in [6, 6.07) is 9.26. The minimum atomic E-state index is -0.0933. The number of fused-ring (bicyclic) bond motifs is 5. The van der Waals surface area contributed by atoms with Crippen LogP contribution in [0, 0.1) is 17.8 Å². The highest BCUT2D eigenvalue weighted by Gasteiger charge is 2.69. The van der Waals surface area contributed by atoms with Crippen molar-refractivity contribution in [2.45, 2.75) is 43.9 Å². The highest BCUT2D eigenvalue weighted by molar-refractivity contribution is 5.76. The summed E-state index contributed by atoms with van der Waals surface area (Å²) in [5.41, 5.74) is 2.74. The topological polar surface area (TPSA) is 50.8 Å². The molecule has 1 N–H and O–H groups in total. The molecule has 4 aliphatic rings. The molecule has 3 fully saturated rings. The molecule has 5 rings (SSSR count). The number of ether oxygens (including phenoxy) is 2. The zero-order valence-electron chi connectivity index (χ0n) is 15.8. The third kappa shape index (κ3) is 1.91. The van der Waals surface area contributed by atoms with Crippen LogP contribution >= 0.6 is 0 Å². The molecule has 1 aromatic carbocycles. The second kappa shape index (κ2) is 5.70. The smallest absolute Gasteiger partial charge is 0.309 e. The van der Waals surface area contributed by atoms with E-state index in [2.05, 4.69) is 48.5 Å². The predicted molar refractivity (Wildman–Crippen MR) is 99.1 cm³/mol. The molecule has 5 nitrogen and oxygen atoms in total. The largest absolute Gasteiger partial charge is 0.466 e. The lowest BCUT2D eigenvalue weighted by molar-refractivity contribution is -0.184. The number of nitrogens with one attached hydrogen (secondary N) is 1. The van der Waals surface area contributed by atoms with Gasteiger partial charge >= 0.3 is 5.97 Å². The molecule has 26 heavy (non-hydrogen) atoms. The molecule has 5 heteroatoms. The van der Waals surface area contributed by atoms with Crippen molar-refractivity contribution in [2.24, 2.45) is 17.8 Å². The number of hydrogen-bond donors (Lipinski definition) is 1. The van der Waals surface area contributed by atoms with Crippen molar-refractivity contribution in [2.75, 3.05) is 32.1 Å². The number of anilines is 1. The third-order valence-corrected chi connectivity index (χ3v) is 7.50. The van der Waals surface area contributed by atoms with Gasteiger partial charge in [0.1, 0.15) is 0 Å². The molecule has 140 valence electrons. The van der Waals surface area contributed by atoms with Gasteiger partial charge in [-0.3, -0.25) is 4.79 Å². The first-order valence-electron chi connectivity index (χ1n) is 9.94. The number of carbonyl (C=O) groups excluding carboxylic acids is 1. The molecule has 1 saturated carbocycles. The molecule has 1 aliphatic carbocycles. The van der Waals surface area contributed by atoms with E-state index in [0.29, 0.717) is 19.3 Å². The van der Waals surface area contributed by atoms with E-state index in [1.807, 2.05) is 6.92 Å². The minimum absolute atomic E-state index is 0.0377. The molecule has 1 aromatic rings. The van der Waals surface area contributed by atoms with Crippen molar-refractivity contribution < 1.29 is 14.3 Å².